The lowest BCUT2D eigenvalue weighted by Crippen LogP contribution is -2.32. The van der Waals surface area contributed by atoms with E-state index in [9.17, 15) is 9.18 Å². The number of anilines is 1. The van der Waals surface area contributed by atoms with Crippen molar-refractivity contribution in [2.75, 3.05) is 18.9 Å². The summed E-state index contributed by atoms with van der Waals surface area (Å²) in [6.07, 6.45) is 0. The van der Waals surface area contributed by atoms with Crippen LogP contribution in [0.25, 0.3) is 0 Å². The number of aromatic nitrogens is 1. The minimum Gasteiger partial charge on any atom is -0.360 e. The van der Waals surface area contributed by atoms with Gasteiger partial charge in [0, 0.05) is 12.1 Å². The Bertz CT molecular complexity index is 610. The van der Waals surface area contributed by atoms with Crippen molar-refractivity contribution in [2.45, 2.75) is 19.9 Å². The summed E-state index contributed by atoms with van der Waals surface area (Å²) in [4.78, 5) is 13.8. The first kappa shape index (κ1) is 15.2. The highest BCUT2D eigenvalue weighted by Gasteiger charge is 2.15. The van der Waals surface area contributed by atoms with Crippen LogP contribution in [0, 0.1) is 12.7 Å². The number of amides is 1. The van der Waals surface area contributed by atoms with Crippen LogP contribution >= 0.6 is 0 Å². The maximum Gasteiger partial charge on any atom is 0.239 e. The van der Waals surface area contributed by atoms with E-state index in [-0.39, 0.29) is 24.3 Å². The molecule has 21 heavy (non-hydrogen) atoms. The molecule has 1 amide bonds. The van der Waals surface area contributed by atoms with Gasteiger partial charge in [-0.3, -0.25) is 9.69 Å². The molecule has 0 spiro atoms. The minimum atomic E-state index is -0.271. The van der Waals surface area contributed by atoms with Gasteiger partial charge in [-0.15, -0.1) is 0 Å². The summed E-state index contributed by atoms with van der Waals surface area (Å²) in [5.74, 6) is 0.589. The first-order valence-corrected chi connectivity index (χ1v) is 6.64. The molecule has 1 aromatic carbocycles. The number of halogens is 1. The van der Waals surface area contributed by atoms with E-state index < -0.39 is 0 Å². The molecule has 112 valence electrons. The van der Waals surface area contributed by atoms with E-state index in [1.807, 2.05) is 18.9 Å². The van der Waals surface area contributed by atoms with Crippen LogP contribution in [-0.2, 0) is 4.79 Å². The second kappa shape index (κ2) is 6.49. The summed E-state index contributed by atoms with van der Waals surface area (Å²) < 4.78 is 17.8. The predicted octanol–water partition coefficient (Wildman–Crippen LogP) is 2.75. The largest absolute Gasteiger partial charge is 0.360 e. The lowest BCUT2D eigenvalue weighted by atomic mass is 10.1. The minimum absolute atomic E-state index is 0.00426. The van der Waals surface area contributed by atoms with Crippen LogP contribution in [0.5, 0.6) is 0 Å². The zero-order valence-corrected chi connectivity index (χ0v) is 12.3. The molecule has 1 heterocycles. The Hall–Kier alpha value is -2.21. The van der Waals surface area contributed by atoms with Gasteiger partial charge in [0.05, 0.1) is 6.54 Å². The van der Waals surface area contributed by atoms with Gasteiger partial charge in [-0.1, -0.05) is 17.3 Å². The highest BCUT2D eigenvalue weighted by molar-refractivity contribution is 5.91. The number of carbonyl (C=O) groups is 1. The van der Waals surface area contributed by atoms with Gasteiger partial charge in [0.25, 0.3) is 0 Å². The standard InChI is InChI=1S/C15H18FN3O2/c1-10-8-14(18-21-10)17-15(20)9-19(3)11(2)12-4-6-13(16)7-5-12/h4-8,11H,9H2,1-3H3,(H,17,18,20)/t11-/m1/s1. The molecule has 0 aliphatic rings. The van der Waals surface area contributed by atoms with Gasteiger partial charge >= 0.3 is 0 Å². The van der Waals surface area contributed by atoms with E-state index in [0.717, 1.165) is 5.56 Å². The normalized spacial score (nSPS) is 12.4. The molecule has 1 N–H and O–H groups in total. The van der Waals surface area contributed by atoms with Crippen LogP contribution in [0.1, 0.15) is 24.3 Å². The number of hydrogen-bond donors (Lipinski definition) is 1. The fourth-order valence-corrected chi connectivity index (χ4v) is 1.97. The molecule has 0 unspecified atom stereocenters. The van der Waals surface area contributed by atoms with Gasteiger partial charge < -0.3 is 9.84 Å². The third-order valence-corrected chi connectivity index (χ3v) is 3.30. The molecule has 6 heteroatoms. The maximum absolute atomic E-state index is 12.9. The van der Waals surface area contributed by atoms with Crippen LogP contribution in [0.2, 0.25) is 0 Å². The number of carbonyl (C=O) groups excluding carboxylic acids is 1. The third-order valence-electron chi connectivity index (χ3n) is 3.30. The molecule has 0 radical (unpaired) electrons. The van der Waals surface area contributed by atoms with E-state index in [2.05, 4.69) is 10.5 Å². The van der Waals surface area contributed by atoms with Gasteiger partial charge in [-0.05, 0) is 38.6 Å². The summed E-state index contributed by atoms with van der Waals surface area (Å²) in [6.45, 7) is 3.91. The molecule has 0 bridgehead atoms. The Morgan fingerprint density at radius 3 is 2.67 bits per heavy atom. The van der Waals surface area contributed by atoms with Crippen molar-refractivity contribution in [3.63, 3.8) is 0 Å². The summed E-state index contributed by atoms with van der Waals surface area (Å²) in [5.41, 5.74) is 0.948. The van der Waals surface area contributed by atoms with E-state index >= 15 is 0 Å². The number of likely N-dealkylation sites (N-methyl/N-ethyl adjacent to an activating group) is 1. The second-order valence-electron chi connectivity index (χ2n) is 5.01. The zero-order chi connectivity index (χ0) is 15.4. The lowest BCUT2D eigenvalue weighted by Gasteiger charge is -2.24. The Morgan fingerprint density at radius 2 is 2.10 bits per heavy atom. The van der Waals surface area contributed by atoms with Crippen LogP contribution in [-0.4, -0.2) is 29.6 Å². The molecule has 5 nitrogen and oxygen atoms in total. The van der Waals surface area contributed by atoms with Crippen molar-refractivity contribution in [1.82, 2.24) is 10.1 Å². The summed E-state index contributed by atoms with van der Waals surface area (Å²) in [7, 11) is 1.83. The molecule has 0 aliphatic heterocycles. The molecular weight excluding hydrogens is 273 g/mol. The van der Waals surface area contributed by atoms with Gasteiger partial charge in [0.2, 0.25) is 5.91 Å². The smallest absolute Gasteiger partial charge is 0.239 e. The summed E-state index contributed by atoms with van der Waals surface area (Å²) in [6, 6.07) is 7.91. The molecule has 0 saturated heterocycles. The number of benzene rings is 1. The van der Waals surface area contributed by atoms with Crippen LogP contribution in [0.3, 0.4) is 0 Å². The number of hydrogen-bond acceptors (Lipinski definition) is 4. The van der Waals surface area contributed by atoms with Crippen LogP contribution in [0.4, 0.5) is 10.2 Å². The van der Waals surface area contributed by atoms with E-state index in [1.54, 1.807) is 25.1 Å². The monoisotopic (exact) mass is 291 g/mol. The van der Waals surface area contributed by atoms with Crippen molar-refractivity contribution in [3.05, 3.63) is 47.5 Å². The molecule has 0 saturated carbocycles. The molecule has 0 fully saturated rings. The first-order chi connectivity index (χ1) is 9.95. The number of rotatable bonds is 5. The fourth-order valence-electron chi connectivity index (χ4n) is 1.97. The highest BCUT2D eigenvalue weighted by Crippen LogP contribution is 2.18. The Morgan fingerprint density at radius 1 is 1.43 bits per heavy atom. The molecular formula is C15H18FN3O2. The van der Waals surface area contributed by atoms with Crippen molar-refractivity contribution in [3.8, 4) is 0 Å². The van der Waals surface area contributed by atoms with Crippen molar-refractivity contribution >= 4 is 11.7 Å². The number of nitrogens with one attached hydrogen (secondary N) is 1. The first-order valence-electron chi connectivity index (χ1n) is 6.64. The van der Waals surface area contributed by atoms with Crippen molar-refractivity contribution < 1.29 is 13.7 Å². The molecule has 2 aromatic rings. The molecule has 0 aliphatic carbocycles. The Kier molecular flexibility index (Phi) is 4.70. The Labute approximate surface area is 122 Å². The van der Waals surface area contributed by atoms with E-state index in [1.165, 1.54) is 12.1 Å². The average molecular weight is 291 g/mol. The average Bonchev–Trinajstić information content (AvgIpc) is 2.83. The van der Waals surface area contributed by atoms with Crippen molar-refractivity contribution in [1.29, 1.82) is 0 Å². The predicted molar refractivity (Wildman–Crippen MR) is 77.3 cm³/mol. The van der Waals surface area contributed by atoms with Gasteiger partial charge in [-0.2, -0.15) is 0 Å². The maximum atomic E-state index is 12.9. The molecule has 1 aromatic heterocycles. The van der Waals surface area contributed by atoms with Crippen LogP contribution < -0.4 is 5.32 Å². The van der Waals surface area contributed by atoms with E-state index in [4.69, 9.17) is 4.52 Å². The van der Waals surface area contributed by atoms with Crippen molar-refractivity contribution in [2.24, 2.45) is 0 Å². The van der Waals surface area contributed by atoms with E-state index in [0.29, 0.717) is 11.6 Å². The molecule has 1 atom stereocenters. The number of nitrogens with zero attached hydrogens (tertiary/aromatic N) is 2. The van der Waals surface area contributed by atoms with Gasteiger partial charge in [0.1, 0.15) is 11.6 Å². The number of aryl methyl sites for hydroxylation is 1. The summed E-state index contributed by atoms with van der Waals surface area (Å²) in [5, 5.41) is 6.37. The Balaban J connectivity index is 1.92. The van der Waals surface area contributed by atoms with Crippen LogP contribution in [0.15, 0.2) is 34.9 Å². The zero-order valence-electron chi connectivity index (χ0n) is 12.3. The lowest BCUT2D eigenvalue weighted by molar-refractivity contribution is -0.117. The van der Waals surface area contributed by atoms with Gasteiger partial charge in [0.15, 0.2) is 5.82 Å². The SMILES string of the molecule is Cc1cc(NC(=O)CN(C)[C@H](C)c2ccc(F)cc2)no1. The topological polar surface area (TPSA) is 58.4 Å². The quantitative estimate of drug-likeness (QED) is 0.920. The molecule has 2 rings (SSSR count). The fraction of sp³-hybridized carbons (Fsp3) is 0.333. The summed E-state index contributed by atoms with van der Waals surface area (Å²) >= 11 is 0. The van der Waals surface area contributed by atoms with Gasteiger partial charge in [-0.25, -0.2) is 4.39 Å². The highest BCUT2D eigenvalue weighted by atomic mass is 19.1. The third kappa shape index (κ3) is 4.13. The second-order valence-corrected chi connectivity index (χ2v) is 5.01.